The number of benzene rings is 1. The van der Waals surface area contributed by atoms with Crippen molar-refractivity contribution < 1.29 is 18.9 Å². The van der Waals surface area contributed by atoms with Crippen molar-refractivity contribution in [2.75, 3.05) is 5.32 Å². The first kappa shape index (κ1) is 12.8. The van der Waals surface area contributed by atoms with E-state index in [1.54, 1.807) is 30.5 Å². The average molecular weight is 272 g/mol. The van der Waals surface area contributed by atoms with Gasteiger partial charge in [0.2, 0.25) is 0 Å². The molecule has 20 heavy (non-hydrogen) atoms. The Kier molecular flexibility index (Phi) is 3.45. The van der Waals surface area contributed by atoms with Gasteiger partial charge in [0.05, 0.1) is 19.4 Å². The monoisotopic (exact) mass is 272 g/mol. The molecule has 2 heterocycles. The smallest absolute Gasteiger partial charge is 0.467 e. The minimum atomic E-state index is -0.919. The number of anilines is 1. The number of nitrogens with one attached hydrogen (secondary N) is 2. The predicted octanol–water partition coefficient (Wildman–Crippen LogP) is 0.819. The lowest BCUT2D eigenvalue weighted by Crippen LogP contribution is -2.31. The van der Waals surface area contributed by atoms with Crippen LogP contribution in [-0.2, 0) is 17.8 Å². The van der Waals surface area contributed by atoms with Crippen molar-refractivity contribution in [1.82, 2.24) is 5.32 Å². The fourth-order valence-corrected chi connectivity index (χ4v) is 2.05. The molecule has 7 heteroatoms. The molecule has 0 saturated carbocycles. The molecule has 1 aliphatic heterocycles. The van der Waals surface area contributed by atoms with Crippen LogP contribution < -0.4 is 16.1 Å². The standard InChI is InChI=1S/C13H13BN2O4/c17-13(15-7-11-2-1-5-19-11)16-10-4-3-9-8-20-14(18)12(9)6-10/h1-6,18H,7-8H2,(H2,15,16,17). The summed E-state index contributed by atoms with van der Waals surface area (Å²) in [7, 11) is -0.919. The van der Waals surface area contributed by atoms with Crippen LogP contribution in [0.15, 0.2) is 41.0 Å². The molecule has 0 spiro atoms. The first-order valence-corrected chi connectivity index (χ1v) is 6.22. The van der Waals surface area contributed by atoms with E-state index < -0.39 is 7.12 Å². The zero-order valence-electron chi connectivity index (χ0n) is 10.6. The zero-order valence-corrected chi connectivity index (χ0v) is 10.6. The molecule has 0 fully saturated rings. The molecule has 3 rings (SSSR count). The molecular formula is C13H13BN2O4. The summed E-state index contributed by atoms with van der Waals surface area (Å²) in [6, 6.07) is 8.51. The van der Waals surface area contributed by atoms with E-state index in [1.807, 2.05) is 6.07 Å². The Morgan fingerprint density at radius 3 is 3.10 bits per heavy atom. The van der Waals surface area contributed by atoms with Gasteiger partial charge in [-0.15, -0.1) is 0 Å². The van der Waals surface area contributed by atoms with E-state index in [0.29, 0.717) is 30.1 Å². The second-order valence-electron chi connectivity index (χ2n) is 4.46. The zero-order chi connectivity index (χ0) is 13.9. The Balaban J connectivity index is 1.60. The lowest BCUT2D eigenvalue weighted by atomic mass is 9.79. The minimum absolute atomic E-state index is 0.315. The van der Waals surface area contributed by atoms with E-state index in [2.05, 4.69) is 10.6 Å². The highest BCUT2D eigenvalue weighted by Crippen LogP contribution is 2.14. The van der Waals surface area contributed by atoms with E-state index in [0.717, 1.165) is 5.56 Å². The quantitative estimate of drug-likeness (QED) is 0.722. The molecule has 0 atom stereocenters. The summed E-state index contributed by atoms with van der Waals surface area (Å²) in [5, 5.41) is 15.0. The maximum absolute atomic E-state index is 11.7. The van der Waals surface area contributed by atoms with Crippen molar-refractivity contribution >= 4 is 24.3 Å². The van der Waals surface area contributed by atoms with Crippen molar-refractivity contribution in [3.05, 3.63) is 47.9 Å². The van der Waals surface area contributed by atoms with Crippen LogP contribution in [0.4, 0.5) is 10.5 Å². The van der Waals surface area contributed by atoms with Gasteiger partial charge < -0.3 is 24.7 Å². The maximum atomic E-state index is 11.7. The largest absolute Gasteiger partial charge is 0.491 e. The SMILES string of the molecule is O=C(NCc1ccco1)Nc1ccc2c(c1)B(O)OC2. The van der Waals surface area contributed by atoms with Gasteiger partial charge >= 0.3 is 13.1 Å². The van der Waals surface area contributed by atoms with Crippen LogP contribution in [-0.4, -0.2) is 18.2 Å². The second-order valence-corrected chi connectivity index (χ2v) is 4.46. The Morgan fingerprint density at radius 2 is 2.30 bits per heavy atom. The molecule has 6 nitrogen and oxygen atoms in total. The lowest BCUT2D eigenvalue weighted by molar-refractivity contribution is 0.251. The molecule has 0 radical (unpaired) electrons. The third kappa shape index (κ3) is 2.68. The molecule has 0 unspecified atom stereocenters. The van der Waals surface area contributed by atoms with Crippen LogP contribution >= 0.6 is 0 Å². The van der Waals surface area contributed by atoms with E-state index in [-0.39, 0.29) is 6.03 Å². The number of hydrogen-bond donors (Lipinski definition) is 3. The minimum Gasteiger partial charge on any atom is -0.467 e. The van der Waals surface area contributed by atoms with Crippen LogP contribution in [0.5, 0.6) is 0 Å². The summed E-state index contributed by atoms with van der Waals surface area (Å²) in [6.45, 7) is 0.705. The highest BCUT2D eigenvalue weighted by atomic mass is 16.5. The summed E-state index contributed by atoms with van der Waals surface area (Å²) in [5.41, 5.74) is 2.22. The van der Waals surface area contributed by atoms with Gasteiger partial charge in [0.25, 0.3) is 0 Å². The first-order chi connectivity index (χ1) is 9.72. The number of furan rings is 1. The number of urea groups is 1. The van der Waals surface area contributed by atoms with Crippen molar-refractivity contribution in [2.45, 2.75) is 13.2 Å². The number of rotatable bonds is 3. The highest BCUT2D eigenvalue weighted by molar-refractivity contribution is 6.61. The predicted molar refractivity (Wildman–Crippen MR) is 73.4 cm³/mol. The molecule has 1 aliphatic rings. The Hall–Kier alpha value is -2.25. The van der Waals surface area contributed by atoms with Gasteiger partial charge in [-0.3, -0.25) is 0 Å². The number of carbonyl (C=O) groups is 1. The van der Waals surface area contributed by atoms with Gasteiger partial charge in [0, 0.05) is 5.69 Å². The van der Waals surface area contributed by atoms with Crippen molar-refractivity contribution in [1.29, 1.82) is 0 Å². The molecule has 2 aromatic rings. The van der Waals surface area contributed by atoms with Gasteiger partial charge in [-0.1, -0.05) is 6.07 Å². The Bertz CT molecular complexity index is 615. The highest BCUT2D eigenvalue weighted by Gasteiger charge is 2.27. The summed E-state index contributed by atoms with van der Waals surface area (Å²) in [6.07, 6.45) is 1.55. The number of amides is 2. The van der Waals surface area contributed by atoms with E-state index in [4.69, 9.17) is 9.07 Å². The maximum Gasteiger partial charge on any atom is 0.491 e. The molecule has 0 bridgehead atoms. The molecule has 1 aromatic heterocycles. The van der Waals surface area contributed by atoms with Crippen molar-refractivity contribution in [3.8, 4) is 0 Å². The van der Waals surface area contributed by atoms with Crippen molar-refractivity contribution in [2.24, 2.45) is 0 Å². The van der Waals surface area contributed by atoms with Gasteiger partial charge in [-0.25, -0.2) is 4.79 Å². The summed E-state index contributed by atoms with van der Waals surface area (Å²) < 4.78 is 10.2. The van der Waals surface area contributed by atoms with Crippen LogP contribution in [0, 0.1) is 0 Å². The van der Waals surface area contributed by atoms with Gasteiger partial charge in [0.15, 0.2) is 0 Å². The molecule has 102 valence electrons. The molecule has 2 amide bonds. The summed E-state index contributed by atoms with van der Waals surface area (Å²) in [4.78, 5) is 11.7. The van der Waals surface area contributed by atoms with Crippen LogP contribution in [0.2, 0.25) is 0 Å². The molecular weight excluding hydrogens is 259 g/mol. The fraction of sp³-hybridized carbons (Fsp3) is 0.154. The van der Waals surface area contributed by atoms with Crippen LogP contribution in [0.1, 0.15) is 11.3 Å². The van der Waals surface area contributed by atoms with Gasteiger partial charge in [0.1, 0.15) is 5.76 Å². The average Bonchev–Trinajstić information content (AvgIpc) is 3.07. The number of carbonyl (C=O) groups excluding carboxylic acids is 1. The molecule has 0 aliphatic carbocycles. The number of hydrogen-bond acceptors (Lipinski definition) is 4. The topological polar surface area (TPSA) is 83.7 Å². The summed E-state index contributed by atoms with van der Waals surface area (Å²) in [5.74, 6) is 0.679. The first-order valence-electron chi connectivity index (χ1n) is 6.22. The third-order valence-electron chi connectivity index (χ3n) is 3.07. The van der Waals surface area contributed by atoms with Crippen LogP contribution in [0.25, 0.3) is 0 Å². The lowest BCUT2D eigenvalue weighted by Gasteiger charge is -2.08. The fourth-order valence-electron chi connectivity index (χ4n) is 2.05. The summed E-state index contributed by atoms with van der Waals surface area (Å²) >= 11 is 0. The normalized spacial score (nSPS) is 13.2. The van der Waals surface area contributed by atoms with Crippen molar-refractivity contribution in [3.63, 3.8) is 0 Å². The van der Waals surface area contributed by atoms with E-state index >= 15 is 0 Å². The Labute approximate surface area is 115 Å². The van der Waals surface area contributed by atoms with E-state index in [1.165, 1.54) is 0 Å². The van der Waals surface area contributed by atoms with Gasteiger partial charge in [-0.05, 0) is 35.3 Å². The Morgan fingerprint density at radius 1 is 1.40 bits per heavy atom. The molecule has 1 aromatic carbocycles. The third-order valence-corrected chi connectivity index (χ3v) is 3.07. The second kappa shape index (κ2) is 5.40. The number of fused-ring (bicyclic) bond motifs is 1. The molecule has 0 saturated heterocycles. The molecule has 3 N–H and O–H groups in total. The van der Waals surface area contributed by atoms with E-state index in [9.17, 15) is 9.82 Å². The van der Waals surface area contributed by atoms with Gasteiger partial charge in [-0.2, -0.15) is 0 Å². The van der Waals surface area contributed by atoms with Crippen LogP contribution in [0.3, 0.4) is 0 Å².